The fourth-order valence-electron chi connectivity index (χ4n) is 3.49. The molecular formula is C27H30O6. The Morgan fingerprint density at radius 2 is 1.27 bits per heavy atom. The smallest absolute Gasteiger partial charge is 0.339 e. The number of ether oxygens (including phenoxy) is 3. The second-order valence-corrected chi connectivity index (χ2v) is 8.27. The predicted octanol–water partition coefficient (Wildman–Crippen LogP) is 5.66. The molecule has 0 radical (unpaired) electrons. The van der Waals surface area contributed by atoms with E-state index in [0.29, 0.717) is 13.2 Å². The van der Waals surface area contributed by atoms with E-state index in [1.807, 2.05) is 62.4 Å². The number of rotatable bonds is 11. The minimum Gasteiger partial charge on any atom is -0.507 e. The maximum absolute atomic E-state index is 11.4. The normalized spacial score (nSPS) is 11.1. The fraction of sp³-hybridized carbons (Fsp3) is 0.296. The van der Waals surface area contributed by atoms with Crippen molar-refractivity contribution in [2.24, 2.45) is 0 Å². The molecule has 0 aromatic heterocycles. The lowest BCUT2D eigenvalue weighted by Gasteiger charge is -2.27. The van der Waals surface area contributed by atoms with Gasteiger partial charge in [0.15, 0.2) is 0 Å². The molecule has 0 aliphatic rings. The van der Waals surface area contributed by atoms with Crippen LogP contribution in [0.25, 0.3) is 0 Å². The molecule has 2 N–H and O–H groups in total. The van der Waals surface area contributed by atoms with Gasteiger partial charge < -0.3 is 24.4 Å². The third-order valence-corrected chi connectivity index (χ3v) is 5.66. The van der Waals surface area contributed by atoms with Crippen LogP contribution in [-0.2, 0) is 5.41 Å². The number of unbranched alkanes of at least 4 members (excludes halogenated alkanes) is 1. The molecule has 0 unspecified atom stereocenters. The van der Waals surface area contributed by atoms with Crippen LogP contribution < -0.4 is 14.2 Å². The molecule has 0 saturated heterocycles. The Kier molecular flexibility index (Phi) is 7.83. The first-order valence-electron chi connectivity index (χ1n) is 10.9. The lowest BCUT2D eigenvalue weighted by molar-refractivity contribution is 0.0693. The summed E-state index contributed by atoms with van der Waals surface area (Å²) in [5, 5.41) is 19.1. The Labute approximate surface area is 194 Å². The van der Waals surface area contributed by atoms with Crippen molar-refractivity contribution in [2.45, 2.75) is 32.1 Å². The maximum atomic E-state index is 11.4. The first kappa shape index (κ1) is 24.0. The first-order valence-corrected chi connectivity index (χ1v) is 10.9. The Bertz CT molecular complexity index is 1050. The quantitative estimate of drug-likeness (QED) is 0.367. The average Bonchev–Trinajstić information content (AvgIpc) is 2.82. The monoisotopic (exact) mass is 450 g/mol. The summed E-state index contributed by atoms with van der Waals surface area (Å²) in [4.78, 5) is 11.4. The van der Waals surface area contributed by atoms with Gasteiger partial charge in [-0.1, -0.05) is 32.0 Å². The number of benzene rings is 3. The van der Waals surface area contributed by atoms with Crippen LogP contribution in [0.3, 0.4) is 0 Å². The van der Waals surface area contributed by atoms with Crippen molar-refractivity contribution in [1.29, 1.82) is 0 Å². The highest BCUT2D eigenvalue weighted by Crippen LogP contribution is 2.34. The number of carboxylic acid groups (broad SMARTS) is 1. The van der Waals surface area contributed by atoms with Gasteiger partial charge in [-0.05, 0) is 72.5 Å². The summed E-state index contributed by atoms with van der Waals surface area (Å²) < 4.78 is 16.7. The van der Waals surface area contributed by atoms with Crippen LogP contribution in [0, 0.1) is 0 Å². The summed E-state index contributed by atoms with van der Waals surface area (Å²) in [5.41, 5.74) is 1.29. The Morgan fingerprint density at radius 3 is 1.79 bits per heavy atom. The van der Waals surface area contributed by atoms with Crippen LogP contribution in [0.15, 0.2) is 66.7 Å². The summed E-state index contributed by atoms with van der Waals surface area (Å²) in [5.74, 6) is 1.02. The molecule has 3 aromatic carbocycles. The lowest BCUT2D eigenvalue weighted by atomic mass is 9.77. The number of carbonyl (C=O) groups is 1. The number of aromatic carboxylic acids is 1. The van der Waals surface area contributed by atoms with E-state index in [0.717, 1.165) is 41.2 Å². The third kappa shape index (κ3) is 6.19. The largest absolute Gasteiger partial charge is 0.507 e. The molecule has 3 rings (SSSR count). The van der Waals surface area contributed by atoms with Gasteiger partial charge in [-0.2, -0.15) is 0 Å². The minimum atomic E-state index is -1.15. The molecule has 0 atom stereocenters. The number of carboxylic acids is 1. The van der Waals surface area contributed by atoms with Crippen molar-refractivity contribution >= 4 is 5.97 Å². The van der Waals surface area contributed by atoms with Gasteiger partial charge in [-0.3, -0.25) is 0 Å². The first-order chi connectivity index (χ1) is 15.8. The number of aromatic hydroxyl groups is 1. The van der Waals surface area contributed by atoms with E-state index < -0.39 is 11.4 Å². The van der Waals surface area contributed by atoms with Crippen LogP contribution in [0.2, 0.25) is 0 Å². The van der Waals surface area contributed by atoms with Gasteiger partial charge >= 0.3 is 5.97 Å². The summed E-state index contributed by atoms with van der Waals surface area (Å²) >= 11 is 0. The van der Waals surface area contributed by atoms with E-state index in [1.165, 1.54) is 12.1 Å². The van der Waals surface area contributed by atoms with Gasteiger partial charge in [-0.25, -0.2) is 4.79 Å². The molecule has 6 nitrogen and oxygen atoms in total. The van der Waals surface area contributed by atoms with Crippen molar-refractivity contribution in [2.75, 3.05) is 20.3 Å². The third-order valence-electron chi connectivity index (χ3n) is 5.66. The Morgan fingerprint density at radius 1 is 0.788 bits per heavy atom. The lowest BCUT2D eigenvalue weighted by Crippen LogP contribution is -2.19. The zero-order chi connectivity index (χ0) is 23.8. The second kappa shape index (κ2) is 10.8. The summed E-state index contributed by atoms with van der Waals surface area (Å²) in [6, 6.07) is 20.0. The zero-order valence-electron chi connectivity index (χ0n) is 19.2. The van der Waals surface area contributed by atoms with Gasteiger partial charge in [-0.15, -0.1) is 0 Å². The molecule has 0 aliphatic heterocycles. The molecule has 0 bridgehead atoms. The molecule has 0 spiro atoms. The number of hydrogen-bond donors (Lipinski definition) is 2. The van der Waals surface area contributed by atoms with E-state index in [4.69, 9.17) is 14.2 Å². The summed E-state index contributed by atoms with van der Waals surface area (Å²) in [6.45, 7) is 5.25. The SMILES string of the molecule is COc1ccc(OCCCCOc2ccc(C(C)(C)c3ccc(O)c(C(=O)O)c3)cc2)cc1. The van der Waals surface area contributed by atoms with Crippen molar-refractivity contribution in [3.63, 3.8) is 0 Å². The molecule has 0 saturated carbocycles. The molecule has 174 valence electrons. The zero-order valence-corrected chi connectivity index (χ0v) is 19.2. The molecule has 6 heteroatoms. The average molecular weight is 451 g/mol. The van der Waals surface area contributed by atoms with Crippen LogP contribution >= 0.6 is 0 Å². The van der Waals surface area contributed by atoms with Crippen molar-refractivity contribution < 1.29 is 29.2 Å². The number of methoxy groups -OCH3 is 1. The minimum absolute atomic E-state index is 0.100. The van der Waals surface area contributed by atoms with E-state index in [2.05, 4.69) is 0 Å². The summed E-state index contributed by atoms with van der Waals surface area (Å²) in [6.07, 6.45) is 1.75. The topological polar surface area (TPSA) is 85.2 Å². The van der Waals surface area contributed by atoms with E-state index in [9.17, 15) is 15.0 Å². The van der Waals surface area contributed by atoms with E-state index in [-0.39, 0.29) is 11.3 Å². The van der Waals surface area contributed by atoms with Crippen molar-refractivity contribution in [3.05, 3.63) is 83.4 Å². The van der Waals surface area contributed by atoms with Crippen molar-refractivity contribution in [3.8, 4) is 23.0 Å². The molecule has 33 heavy (non-hydrogen) atoms. The van der Waals surface area contributed by atoms with Gasteiger partial charge in [0, 0.05) is 5.41 Å². The fourth-order valence-corrected chi connectivity index (χ4v) is 3.49. The van der Waals surface area contributed by atoms with Gasteiger partial charge in [0.1, 0.15) is 28.6 Å². The van der Waals surface area contributed by atoms with Gasteiger partial charge in [0.25, 0.3) is 0 Å². The molecule has 0 amide bonds. The Hall–Kier alpha value is -3.67. The highest BCUT2D eigenvalue weighted by atomic mass is 16.5. The van der Waals surface area contributed by atoms with Crippen LogP contribution in [0.4, 0.5) is 0 Å². The number of phenols is 1. The standard InChI is InChI=1S/C27H30O6/c1-27(2,20-8-15-25(28)24(18-20)26(29)30)19-6-9-22(10-7-19)32-16-4-5-17-33-23-13-11-21(31-3)12-14-23/h6-15,18,28H,4-5,16-17H2,1-3H3,(H,29,30). The molecular weight excluding hydrogens is 420 g/mol. The highest BCUT2D eigenvalue weighted by Gasteiger charge is 2.25. The predicted molar refractivity (Wildman–Crippen MR) is 127 cm³/mol. The van der Waals surface area contributed by atoms with E-state index in [1.54, 1.807) is 13.2 Å². The van der Waals surface area contributed by atoms with Crippen molar-refractivity contribution in [1.82, 2.24) is 0 Å². The number of hydrogen-bond acceptors (Lipinski definition) is 5. The van der Waals surface area contributed by atoms with Crippen LogP contribution in [0.1, 0.15) is 48.2 Å². The summed E-state index contributed by atoms with van der Waals surface area (Å²) in [7, 11) is 1.64. The second-order valence-electron chi connectivity index (χ2n) is 8.27. The van der Waals surface area contributed by atoms with Gasteiger partial charge in [0.2, 0.25) is 0 Å². The highest BCUT2D eigenvalue weighted by molar-refractivity contribution is 5.91. The van der Waals surface area contributed by atoms with Crippen LogP contribution in [-0.4, -0.2) is 36.5 Å². The maximum Gasteiger partial charge on any atom is 0.339 e. The molecule has 3 aromatic rings. The van der Waals surface area contributed by atoms with E-state index >= 15 is 0 Å². The molecule has 0 heterocycles. The molecule has 0 aliphatic carbocycles. The van der Waals surface area contributed by atoms with Gasteiger partial charge in [0.05, 0.1) is 20.3 Å². The Balaban J connectivity index is 1.48. The van der Waals surface area contributed by atoms with Crippen LogP contribution in [0.5, 0.6) is 23.0 Å². The molecule has 0 fully saturated rings.